The maximum atomic E-state index is 12.1. The minimum atomic E-state index is -0.505. The van der Waals surface area contributed by atoms with Crippen molar-refractivity contribution in [1.82, 2.24) is 10.2 Å². The number of rotatable bonds is 6. The average molecular weight is 314 g/mol. The van der Waals surface area contributed by atoms with Gasteiger partial charge in [0, 0.05) is 13.1 Å². The summed E-state index contributed by atoms with van der Waals surface area (Å²) in [6.45, 7) is 11.3. The van der Waals surface area contributed by atoms with E-state index in [1.807, 2.05) is 34.6 Å². The van der Waals surface area contributed by atoms with Crippen molar-refractivity contribution in [3.8, 4) is 0 Å². The van der Waals surface area contributed by atoms with Crippen molar-refractivity contribution >= 4 is 12.0 Å². The highest BCUT2D eigenvalue weighted by Crippen LogP contribution is 2.29. The van der Waals surface area contributed by atoms with Gasteiger partial charge in [0.25, 0.3) is 0 Å². The molecule has 0 aromatic heterocycles. The molecule has 1 atom stereocenters. The number of nitrogens with one attached hydrogen (secondary N) is 1. The molecule has 1 saturated heterocycles. The standard InChI is InChI=1S/C16H30N2O4/c1-6-9-17-13(19)11-21-16(7-2)8-10-18(12-16)14(20)22-15(3,4)5/h6-12H2,1-5H3,(H,17,19). The van der Waals surface area contributed by atoms with Crippen LogP contribution in [-0.2, 0) is 14.3 Å². The molecule has 6 nitrogen and oxygen atoms in total. The van der Waals surface area contributed by atoms with E-state index in [9.17, 15) is 9.59 Å². The molecule has 6 heteroatoms. The molecule has 22 heavy (non-hydrogen) atoms. The van der Waals surface area contributed by atoms with Gasteiger partial charge in [-0.1, -0.05) is 13.8 Å². The highest BCUT2D eigenvalue weighted by molar-refractivity contribution is 5.77. The zero-order valence-corrected chi connectivity index (χ0v) is 14.5. The molecule has 1 aliphatic rings. The van der Waals surface area contributed by atoms with Crippen molar-refractivity contribution in [2.45, 2.75) is 65.1 Å². The Labute approximate surface area is 133 Å². The minimum Gasteiger partial charge on any atom is -0.444 e. The van der Waals surface area contributed by atoms with Gasteiger partial charge >= 0.3 is 6.09 Å². The van der Waals surface area contributed by atoms with Crippen LogP contribution in [0.2, 0.25) is 0 Å². The van der Waals surface area contributed by atoms with Gasteiger partial charge in [0.15, 0.2) is 0 Å². The Hall–Kier alpha value is -1.30. The first kappa shape index (κ1) is 18.7. The van der Waals surface area contributed by atoms with Crippen molar-refractivity contribution < 1.29 is 19.1 Å². The van der Waals surface area contributed by atoms with E-state index in [2.05, 4.69) is 5.32 Å². The van der Waals surface area contributed by atoms with E-state index in [-0.39, 0.29) is 18.6 Å². The summed E-state index contributed by atoms with van der Waals surface area (Å²) < 4.78 is 11.2. The zero-order chi connectivity index (χ0) is 16.8. The Morgan fingerprint density at radius 1 is 1.27 bits per heavy atom. The van der Waals surface area contributed by atoms with Gasteiger partial charge in [-0.15, -0.1) is 0 Å². The van der Waals surface area contributed by atoms with E-state index in [1.54, 1.807) is 4.90 Å². The van der Waals surface area contributed by atoms with Crippen LogP contribution in [0.1, 0.15) is 53.9 Å². The third-order valence-corrected chi connectivity index (χ3v) is 3.69. The Kier molecular flexibility index (Phi) is 6.66. The molecule has 0 aromatic rings. The van der Waals surface area contributed by atoms with Crippen LogP contribution in [0.25, 0.3) is 0 Å². The maximum absolute atomic E-state index is 12.1. The van der Waals surface area contributed by atoms with Crippen LogP contribution in [0, 0.1) is 0 Å². The predicted molar refractivity (Wildman–Crippen MR) is 84.7 cm³/mol. The molecule has 0 spiro atoms. The first-order valence-electron chi connectivity index (χ1n) is 8.10. The summed E-state index contributed by atoms with van der Waals surface area (Å²) in [5.74, 6) is -0.106. The number of hydrogen-bond donors (Lipinski definition) is 1. The number of nitrogens with zero attached hydrogens (tertiary/aromatic N) is 1. The van der Waals surface area contributed by atoms with Gasteiger partial charge < -0.3 is 19.7 Å². The molecule has 1 heterocycles. The van der Waals surface area contributed by atoms with Crippen LogP contribution >= 0.6 is 0 Å². The normalized spacial score (nSPS) is 21.8. The van der Waals surface area contributed by atoms with Gasteiger partial charge in [-0.25, -0.2) is 4.79 Å². The summed E-state index contributed by atoms with van der Waals surface area (Å²) in [6.07, 6.45) is 2.07. The molecular weight excluding hydrogens is 284 g/mol. The number of likely N-dealkylation sites (tertiary alicyclic amines) is 1. The first-order chi connectivity index (χ1) is 10.2. The van der Waals surface area contributed by atoms with Crippen LogP contribution in [0.5, 0.6) is 0 Å². The number of amides is 2. The second kappa shape index (κ2) is 7.81. The number of hydrogen-bond acceptors (Lipinski definition) is 4. The van der Waals surface area contributed by atoms with E-state index in [1.165, 1.54) is 0 Å². The lowest BCUT2D eigenvalue weighted by molar-refractivity contribution is -0.132. The SMILES string of the molecule is CCCNC(=O)COC1(CC)CCN(C(=O)OC(C)(C)C)C1. The minimum absolute atomic E-state index is 0.0377. The summed E-state index contributed by atoms with van der Waals surface area (Å²) in [7, 11) is 0. The fourth-order valence-electron chi connectivity index (χ4n) is 2.37. The predicted octanol–water partition coefficient (Wildman–Crippen LogP) is 2.32. The molecule has 1 N–H and O–H groups in total. The molecule has 128 valence electrons. The maximum Gasteiger partial charge on any atom is 0.410 e. The lowest BCUT2D eigenvalue weighted by Gasteiger charge is -2.29. The molecule has 0 aromatic carbocycles. The summed E-state index contributed by atoms with van der Waals surface area (Å²) in [5.41, 5.74) is -0.949. The second-order valence-corrected chi connectivity index (χ2v) is 6.83. The van der Waals surface area contributed by atoms with Crippen molar-refractivity contribution in [1.29, 1.82) is 0 Å². The highest BCUT2D eigenvalue weighted by Gasteiger charge is 2.41. The first-order valence-corrected chi connectivity index (χ1v) is 8.10. The van der Waals surface area contributed by atoms with Crippen LogP contribution in [0.4, 0.5) is 4.79 Å². The Bertz CT molecular complexity index is 392. The van der Waals surface area contributed by atoms with Crippen molar-refractivity contribution in [2.24, 2.45) is 0 Å². The number of carbonyl (C=O) groups is 2. The summed E-state index contributed by atoms with van der Waals surface area (Å²) in [5, 5.41) is 2.79. The highest BCUT2D eigenvalue weighted by atomic mass is 16.6. The molecule has 2 amide bonds. The van der Waals surface area contributed by atoms with E-state index in [0.717, 1.165) is 19.3 Å². The Morgan fingerprint density at radius 3 is 2.50 bits per heavy atom. The third-order valence-electron chi connectivity index (χ3n) is 3.69. The monoisotopic (exact) mass is 314 g/mol. The second-order valence-electron chi connectivity index (χ2n) is 6.83. The molecular formula is C16H30N2O4. The van der Waals surface area contributed by atoms with Gasteiger partial charge in [-0.2, -0.15) is 0 Å². The molecule has 0 bridgehead atoms. The summed E-state index contributed by atoms with van der Waals surface area (Å²) in [6, 6.07) is 0. The molecule has 0 aliphatic carbocycles. The van der Waals surface area contributed by atoms with Crippen molar-refractivity contribution in [3.63, 3.8) is 0 Å². The van der Waals surface area contributed by atoms with Crippen LogP contribution < -0.4 is 5.32 Å². The zero-order valence-electron chi connectivity index (χ0n) is 14.5. The van der Waals surface area contributed by atoms with Crippen molar-refractivity contribution in [3.05, 3.63) is 0 Å². The molecule has 1 rings (SSSR count). The topological polar surface area (TPSA) is 67.9 Å². The van der Waals surface area contributed by atoms with E-state index < -0.39 is 11.2 Å². The van der Waals surface area contributed by atoms with Gasteiger partial charge in [0.05, 0.1) is 12.1 Å². The molecule has 1 fully saturated rings. The fourth-order valence-corrected chi connectivity index (χ4v) is 2.37. The van der Waals surface area contributed by atoms with Gasteiger partial charge in [-0.05, 0) is 40.0 Å². The Balaban J connectivity index is 2.51. The summed E-state index contributed by atoms with van der Waals surface area (Å²) in [4.78, 5) is 25.5. The lowest BCUT2D eigenvalue weighted by atomic mass is 10.00. The van der Waals surface area contributed by atoms with Crippen LogP contribution in [0.3, 0.4) is 0 Å². The lowest BCUT2D eigenvalue weighted by Crippen LogP contribution is -2.42. The van der Waals surface area contributed by atoms with Crippen LogP contribution in [-0.4, -0.2) is 54.3 Å². The van der Waals surface area contributed by atoms with Crippen LogP contribution in [0.15, 0.2) is 0 Å². The van der Waals surface area contributed by atoms with E-state index >= 15 is 0 Å². The molecule has 0 saturated carbocycles. The quantitative estimate of drug-likeness (QED) is 0.817. The average Bonchev–Trinajstić information content (AvgIpc) is 2.86. The van der Waals surface area contributed by atoms with Gasteiger partial charge in [0.1, 0.15) is 12.2 Å². The molecule has 1 unspecified atom stereocenters. The van der Waals surface area contributed by atoms with Crippen molar-refractivity contribution in [2.75, 3.05) is 26.2 Å². The number of carbonyl (C=O) groups excluding carboxylic acids is 2. The van der Waals surface area contributed by atoms with Gasteiger partial charge in [-0.3, -0.25) is 4.79 Å². The number of ether oxygens (including phenoxy) is 2. The molecule has 0 radical (unpaired) electrons. The van der Waals surface area contributed by atoms with E-state index in [4.69, 9.17) is 9.47 Å². The van der Waals surface area contributed by atoms with E-state index in [0.29, 0.717) is 19.6 Å². The largest absolute Gasteiger partial charge is 0.444 e. The third kappa shape index (κ3) is 5.83. The smallest absolute Gasteiger partial charge is 0.410 e. The fraction of sp³-hybridized carbons (Fsp3) is 0.875. The van der Waals surface area contributed by atoms with Gasteiger partial charge in [0.2, 0.25) is 5.91 Å². The summed E-state index contributed by atoms with van der Waals surface area (Å²) >= 11 is 0. The Morgan fingerprint density at radius 2 is 1.95 bits per heavy atom. The molecule has 1 aliphatic heterocycles.